The summed E-state index contributed by atoms with van der Waals surface area (Å²) in [4.78, 5) is 27.0. The van der Waals surface area contributed by atoms with Gasteiger partial charge >= 0.3 is 0 Å². The van der Waals surface area contributed by atoms with Crippen molar-refractivity contribution in [1.82, 2.24) is 10.2 Å². The van der Waals surface area contributed by atoms with Crippen LogP contribution in [-0.2, 0) is 9.59 Å². The number of rotatable bonds is 5. The predicted octanol–water partition coefficient (Wildman–Crippen LogP) is -0.185. The van der Waals surface area contributed by atoms with Crippen molar-refractivity contribution in [3.05, 3.63) is 0 Å². The number of likely N-dealkylation sites (N-methyl/N-ethyl adjacent to an activating group) is 1. The van der Waals surface area contributed by atoms with E-state index < -0.39 is 0 Å². The molecule has 0 spiro atoms. The van der Waals surface area contributed by atoms with Crippen molar-refractivity contribution in [3.8, 4) is 0 Å². The molecule has 116 valence electrons. The van der Waals surface area contributed by atoms with Gasteiger partial charge in [-0.1, -0.05) is 0 Å². The second kappa shape index (κ2) is 7.62. The van der Waals surface area contributed by atoms with Gasteiger partial charge in [-0.15, -0.1) is 0 Å². The Balaban J connectivity index is 2.46. The van der Waals surface area contributed by atoms with Gasteiger partial charge in [0.05, 0.1) is 7.05 Å². The van der Waals surface area contributed by atoms with Crippen LogP contribution < -0.4 is 10.2 Å². The van der Waals surface area contributed by atoms with Crippen LogP contribution in [0.3, 0.4) is 0 Å². The zero-order valence-corrected chi connectivity index (χ0v) is 13.5. The van der Waals surface area contributed by atoms with Gasteiger partial charge in [-0.3, -0.25) is 9.59 Å². The Kier molecular flexibility index (Phi) is 6.46. The molecule has 20 heavy (non-hydrogen) atoms. The SMILES string of the molecule is CC(C)NC(=O)C[NH+](C)CC(=O)N1[C@H](C)CCC[C@H]1C. The first-order valence-electron chi connectivity index (χ1n) is 7.73. The van der Waals surface area contributed by atoms with Crippen molar-refractivity contribution in [3.63, 3.8) is 0 Å². The maximum atomic E-state index is 12.4. The molecule has 5 heteroatoms. The van der Waals surface area contributed by atoms with E-state index in [1.54, 1.807) is 0 Å². The monoisotopic (exact) mass is 284 g/mol. The van der Waals surface area contributed by atoms with Crippen LogP contribution in [0.1, 0.15) is 47.0 Å². The van der Waals surface area contributed by atoms with Crippen molar-refractivity contribution >= 4 is 11.8 Å². The molecule has 1 fully saturated rings. The average molecular weight is 284 g/mol. The lowest BCUT2D eigenvalue weighted by Crippen LogP contribution is -3.11. The number of quaternary nitrogens is 1. The van der Waals surface area contributed by atoms with Crippen LogP contribution in [0.2, 0.25) is 0 Å². The molecular weight excluding hydrogens is 254 g/mol. The predicted molar refractivity (Wildman–Crippen MR) is 79.5 cm³/mol. The van der Waals surface area contributed by atoms with Crippen LogP contribution in [0.25, 0.3) is 0 Å². The topological polar surface area (TPSA) is 53.9 Å². The molecule has 1 unspecified atom stereocenters. The number of nitrogens with zero attached hydrogens (tertiary/aromatic N) is 1. The van der Waals surface area contributed by atoms with Gasteiger partial charge in [-0.2, -0.15) is 0 Å². The van der Waals surface area contributed by atoms with E-state index in [1.165, 1.54) is 6.42 Å². The van der Waals surface area contributed by atoms with Gasteiger partial charge in [0.15, 0.2) is 13.1 Å². The lowest BCUT2D eigenvalue weighted by Gasteiger charge is -2.39. The smallest absolute Gasteiger partial charge is 0.278 e. The van der Waals surface area contributed by atoms with Gasteiger partial charge in [-0.05, 0) is 47.0 Å². The highest BCUT2D eigenvalue weighted by Crippen LogP contribution is 2.21. The largest absolute Gasteiger partial charge is 0.349 e. The van der Waals surface area contributed by atoms with Crippen molar-refractivity contribution in [2.75, 3.05) is 20.1 Å². The minimum Gasteiger partial charge on any atom is -0.349 e. The first kappa shape index (κ1) is 17.0. The molecular formula is C15H30N3O2+. The lowest BCUT2D eigenvalue weighted by molar-refractivity contribution is -0.863. The van der Waals surface area contributed by atoms with Crippen LogP contribution in [0, 0.1) is 0 Å². The third-order valence-corrected chi connectivity index (χ3v) is 3.85. The fraction of sp³-hybridized carbons (Fsp3) is 0.867. The summed E-state index contributed by atoms with van der Waals surface area (Å²) >= 11 is 0. The molecule has 0 aliphatic carbocycles. The van der Waals surface area contributed by atoms with E-state index in [0.29, 0.717) is 25.2 Å². The Morgan fingerprint density at radius 1 is 1.20 bits per heavy atom. The van der Waals surface area contributed by atoms with Crippen molar-refractivity contribution in [1.29, 1.82) is 0 Å². The number of amides is 2. The normalized spacial score (nSPS) is 24.6. The van der Waals surface area contributed by atoms with Crippen LogP contribution >= 0.6 is 0 Å². The summed E-state index contributed by atoms with van der Waals surface area (Å²) in [7, 11) is 1.90. The Hall–Kier alpha value is -1.10. The van der Waals surface area contributed by atoms with Gasteiger partial charge in [0.25, 0.3) is 11.8 Å². The Morgan fingerprint density at radius 3 is 2.25 bits per heavy atom. The quantitative estimate of drug-likeness (QED) is 0.735. The van der Waals surface area contributed by atoms with Crippen LogP contribution in [0.5, 0.6) is 0 Å². The maximum Gasteiger partial charge on any atom is 0.278 e. The minimum atomic E-state index is 0.00467. The highest BCUT2D eigenvalue weighted by atomic mass is 16.2. The Morgan fingerprint density at radius 2 is 1.75 bits per heavy atom. The van der Waals surface area contributed by atoms with E-state index >= 15 is 0 Å². The van der Waals surface area contributed by atoms with E-state index in [-0.39, 0.29) is 17.9 Å². The number of likely N-dealkylation sites (tertiary alicyclic amines) is 1. The summed E-state index contributed by atoms with van der Waals surface area (Å²) in [6.45, 7) is 8.86. The summed E-state index contributed by atoms with van der Waals surface area (Å²) in [5, 5.41) is 2.86. The molecule has 2 amide bonds. The van der Waals surface area contributed by atoms with Gasteiger partial charge in [0.2, 0.25) is 0 Å². The van der Waals surface area contributed by atoms with Gasteiger partial charge in [-0.25, -0.2) is 0 Å². The first-order valence-corrected chi connectivity index (χ1v) is 7.73. The van der Waals surface area contributed by atoms with Gasteiger partial charge < -0.3 is 15.1 Å². The van der Waals surface area contributed by atoms with Crippen LogP contribution in [0.4, 0.5) is 0 Å². The summed E-state index contributed by atoms with van der Waals surface area (Å²) < 4.78 is 0. The number of nitrogens with one attached hydrogen (secondary N) is 2. The van der Waals surface area contributed by atoms with E-state index in [2.05, 4.69) is 19.2 Å². The molecule has 1 saturated heterocycles. The van der Waals surface area contributed by atoms with Crippen LogP contribution in [-0.4, -0.2) is 55.0 Å². The first-order chi connectivity index (χ1) is 9.31. The summed E-state index contributed by atoms with van der Waals surface area (Å²) in [6, 6.07) is 0.792. The molecule has 0 radical (unpaired) electrons. The zero-order chi connectivity index (χ0) is 15.3. The van der Waals surface area contributed by atoms with Gasteiger partial charge in [0, 0.05) is 18.1 Å². The molecule has 1 aliphatic rings. The standard InChI is InChI=1S/C15H29N3O2/c1-11(2)16-14(19)9-17(5)10-15(20)18-12(3)7-6-8-13(18)4/h11-13H,6-10H2,1-5H3,(H,16,19)/p+1/t12-,13-/m1/s1. The molecule has 0 aromatic heterocycles. The number of piperidine rings is 1. The molecule has 1 heterocycles. The third-order valence-electron chi connectivity index (χ3n) is 3.85. The summed E-state index contributed by atoms with van der Waals surface area (Å²) in [5.41, 5.74) is 0. The van der Waals surface area contributed by atoms with Gasteiger partial charge in [0.1, 0.15) is 0 Å². The second-order valence-corrected chi connectivity index (χ2v) is 6.46. The van der Waals surface area contributed by atoms with E-state index in [9.17, 15) is 9.59 Å². The Labute approximate surface area is 122 Å². The average Bonchev–Trinajstić information content (AvgIpc) is 2.26. The molecule has 0 bridgehead atoms. The van der Waals surface area contributed by atoms with Crippen molar-refractivity contribution < 1.29 is 14.5 Å². The number of carbonyl (C=O) groups is 2. The van der Waals surface area contributed by atoms with E-state index in [0.717, 1.165) is 17.7 Å². The minimum absolute atomic E-state index is 0.00467. The molecule has 1 rings (SSSR count). The third kappa shape index (κ3) is 5.12. The van der Waals surface area contributed by atoms with Crippen LogP contribution in [0.15, 0.2) is 0 Å². The van der Waals surface area contributed by atoms with E-state index in [4.69, 9.17) is 0 Å². The number of hydrogen-bond donors (Lipinski definition) is 2. The maximum absolute atomic E-state index is 12.4. The molecule has 5 nitrogen and oxygen atoms in total. The molecule has 3 atom stereocenters. The van der Waals surface area contributed by atoms with Crippen molar-refractivity contribution in [2.45, 2.75) is 65.1 Å². The Bertz CT molecular complexity index is 334. The zero-order valence-electron chi connectivity index (χ0n) is 13.5. The van der Waals surface area contributed by atoms with Crippen molar-refractivity contribution in [2.24, 2.45) is 0 Å². The molecule has 2 N–H and O–H groups in total. The molecule has 0 saturated carbocycles. The number of hydrogen-bond acceptors (Lipinski definition) is 2. The second-order valence-electron chi connectivity index (χ2n) is 6.46. The lowest BCUT2D eigenvalue weighted by atomic mass is 9.97. The van der Waals surface area contributed by atoms with E-state index in [1.807, 2.05) is 25.8 Å². The fourth-order valence-corrected chi connectivity index (χ4v) is 2.97. The highest BCUT2D eigenvalue weighted by Gasteiger charge is 2.30. The molecule has 0 aromatic carbocycles. The fourth-order valence-electron chi connectivity index (χ4n) is 2.97. The number of carbonyl (C=O) groups excluding carboxylic acids is 2. The molecule has 1 aliphatic heterocycles. The summed E-state index contributed by atoms with van der Waals surface area (Å²) in [6.07, 6.45) is 3.37. The summed E-state index contributed by atoms with van der Waals surface area (Å²) in [5.74, 6) is 0.171. The molecule has 0 aromatic rings. The highest BCUT2D eigenvalue weighted by molar-refractivity contribution is 5.79.